The molecule has 0 spiro atoms. The zero-order valence-electron chi connectivity index (χ0n) is 15.0. The largest absolute Gasteiger partial charge is 0.457 e. The molecule has 0 aliphatic carbocycles. The van der Waals surface area contributed by atoms with Crippen LogP contribution in [-0.4, -0.2) is 48.0 Å². The Morgan fingerprint density at radius 3 is 2.54 bits per heavy atom. The predicted molar refractivity (Wildman–Crippen MR) is 96.7 cm³/mol. The molecule has 0 aromatic heterocycles. The lowest BCUT2D eigenvalue weighted by Gasteiger charge is -2.21. The van der Waals surface area contributed by atoms with Gasteiger partial charge in [-0.2, -0.15) is 0 Å². The van der Waals surface area contributed by atoms with E-state index in [0.717, 1.165) is 0 Å². The van der Waals surface area contributed by atoms with Crippen molar-refractivity contribution in [1.82, 2.24) is 4.90 Å². The number of carbonyl (C=O) groups is 3. The van der Waals surface area contributed by atoms with Crippen LogP contribution >= 0.6 is 0 Å². The molecule has 1 aliphatic heterocycles. The summed E-state index contributed by atoms with van der Waals surface area (Å²) in [4.78, 5) is 37.5. The second-order valence-corrected chi connectivity index (χ2v) is 6.12. The molecule has 26 heavy (non-hydrogen) atoms. The van der Waals surface area contributed by atoms with E-state index in [2.05, 4.69) is 6.58 Å². The monoisotopic (exact) mass is 357 g/mol. The lowest BCUT2D eigenvalue weighted by molar-refractivity contribution is -0.113. The molecule has 0 saturated carbocycles. The van der Waals surface area contributed by atoms with E-state index in [1.54, 1.807) is 37.3 Å². The van der Waals surface area contributed by atoms with Gasteiger partial charge in [0.1, 0.15) is 12.7 Å². The van der Waals surface area contributed by atoms with E-state index in [4.69, 9.17) is 9.47 Å². The van der Waals surface area contributed by atoms with Gasteiger partial charge < -0.3 is 9.47 Å². The number of carbonyl (C=O) groups excluding carboxylic acids is 3. The van der Waals surface area contributed by atoms with Crippen molar-refractivity contribution < 1.29 is 23.9 Å². The maximum Gasteiger partial charge on any atom is 0.410 e. The molecular formula is C20H23NO5. The first kappa shape index (κ1) is 19.4. The van der Waals surface area contributed by atoms with Crippen molar-refractivity contribution in [1.29, 1.82) is 0 Å². The lowest BCUT2D eigenvalue weighted by atomic mass is 10.1. The molecule has 0 unspecified atom stereocenters. The van der Waals surface area contributed by atoms with E-state index in [1.165, 1.54) is 17.9 Å². The van der Waals surface area contributed by atoms with Gasteiger partial charge in [0.25, 0.3) is 0 Å². The Hall–Kier alpha value is -2.89. The number of allylic oxidation sites excluding steroid dienone is 1. The van der Waals surface area contributed by atoms with Gasteiger partial charge in [-0.3, -0.25) is 9.69 Å². The van der Waals surface area contributed by atoms with Crippen molar-refractivity contribution in [3.63, 3.8) is 0 Å². The lowest BCUT2D eigenvalue weighted by Crippen LogP contribution is -2.36. The van der Waals surface area contributed by atoms with Crippen LogP contribution in [0.3, 0.4) is 0 Å². The summed E-state index contributed by atoms with van der Waals surface area (Å²) in [5.74, 6) is -0.517. The number of ketones is 1. The zero-order valence-corrected chi connectivity index (χ0v) is 15.0. The topological polar surface area (TPSA) is 72.9 Å². The van der Waals surface area contributed by atoms with Crippen molar-refractivity contribution in [3.8, 4) is 0 Å². The minimum absolute atomic E-state index is 0.0749. The summed E-state index contributed by atoms with van der Waals surface area (Å²) in [7, 11) is 0. The first-order chi connectivity index (χ1) is 12.4. The number of rotatable bonds is 6. The fourth-order valence-electron chi connectivity index (χ4n) is 2.69. The third kappa shape index (κ3) is 5.05. The molecule has 1 aromatic carbocycles. The van der Waals surface area contributed by atoms with Gasteiger partial charge in [-0.05, 0) is 31.6 Å². The number of nitrogens with zero attached hydrogens (tertiary/aromatic N) is 1. The Labute approximate surface area is 153 Å². The normalized spacial score (nSPS) is 19.8. The maximum atomic E-state index is 12.3. The summed E-state index contributed by atoms with van der Waals surface area (Å²) in [5, 5.41) is 0. The van der Waals surface area contributed by atoms with E-state index in [0.29, 0.717) is 17.6 Å². The van der Waals surface area contributed by atoms with Gasteiger partial charge in [0, 0.05) is 6.42 Å². The SMILES string of the molecule is C=CCOC(=O)N1C[C@@H](OC(=O)c2ccccc2)C[C@H]1/C=C(\C)C(C)=O. The molecular weight excluding hydrogens is 334 g/mol. The minimum Gasteiger partial charge on any atom is -0.457 e. The van der Waals surface area contributed by atoms with E-state index in [1.807, 2.05) is 6.07 Å². The van der Waals surface area contributed by atoms with Crippen LogP contribution in [0.4, 0.5) is 4.79 Å². The van der Waals surface area contributed by atoms with Crippen molar-refractivity contribution in [2.75, 3.05) is 13.2 Å². The molecule has 138 valence electrons. The molecule has 0 radical (unpaired) electrons. The quantitative estimate of drug-likeness (QED) is 0.444. The average Bonchev–Trinajstić information content (AvgIpc) is 3.02. The zero-order chi connectivity index (χ0) is 19.1. The summed E-state index contributed by atoms with van der Waals surface area (Å²) in [5.41, 5.74) is 0.999. The van der Waals surface area contributed by atoms with Gasteiger partial charge in [-0.25, -0.2) is 9.59 Å². The molecule has 6 heteroatoms. The highest BCUT2D eigenvalue weighted by Gasteiger charge is 2.37. The summed E-state index contributed by atoms with van der Waals surface area (Å²) in [6.45, 7) is 6.97. The van der Waals surface area contributed by atoms with E-state index >= 15 is 0 Å². The molecule has 1 heterocycles. The van der Waals surface area contributed by atoms with Crippen LogP contribution in [0.25, 0.3) is 0 Å². The molecule has 0 N–H and O–H groups in total. The second kappa shape index (κ2) is 8.99. The molecule has 1 aromatic rings. The van der Waals surface area contributed by atoms with Crippen molar-refractivity contribution in [2.24, 2.45) is 0 Å². The third-order valence-corrected chi connectivity index (χ3v) is 4.15. The number of amides is 1. The highest BCUT2D eigenvalue weighted by atomic mass is 16.6. The predicted octanol–water partition coefficient (Wildman–Crippen LogP) is 3.14. The summed E-state index contributed by atoms with van der Waals surface area (Å²) in [6.07, 6.45) is 2.60. The standard InChI is InChI=1S/C20H23NO5/c1-4-10-25-20(24)21-13-18(12-17(21)11-14(2)15(3)22)26-19(23)16-8-6-5-7-9-16/h4-9,11,17-18H,1,10,12-13H2,2-3H3/b14-11+/t17-,18+/m1/s1. The second-order valence-electron chi connectivity index (χ2n) is 6.12. The maximum absolute atomic E-state index is 12.3. The number of likely N-dealkylation sites (tertiary alicyclic amines) is 1. The number of ether oxygens (including phenoxy) is 2. The average molecular weight is 357 g/mol. The minimum atomic E-state index is -0.527. The molecule has 1 aliphatic rings. The summed E-state index contributed by atoms with van der Waals surface area (Å²) < 4.78 is 10.6. The smallest absolute Gasteiger partial charge is 0.410 e. The Morgan fingerprint density at radius 2 is 1.92 bits per heavy atom. The first-order valence-electron chi connectivity index (χ1n) is 8.42. The molecule has 1 saturated heterocycles. The van der Waals surface area contributed by atoms with Crippen LogP contribution in [0.15, 0.2) is 54.6 Å². The summed E-state index contributed by atoms with van der Waals surface area (Å²) >= 11 is 0. The number of Topliss-reactive ketones (excluding diaryl/α,β-unsaturated/α-hetero) is 1. The summed E-state index contributed by atoms with van der Waals surface area (Å²) in [6, 6.07) is 8.30. The van der Waals surface area contributed by atoms with Crippen molar-refractivity contribution >= 4 is 17.8 Å². The van der Waals surface area contributed by atoms with Gasteiger partial charge >= 0.3 is 12.1 Å². The van der Waals surface area contributed by atoms with Crippen LogP contribution in [0.2, 0.25) is 0 Å². The molecule has 1 amide bonds. The molecule has 2 atom stereocenters. The van der Waals surface area contributed by atoms with E-state index in [-0.39, 0.29) is 25.0 Å². The number of benzene rings is 1. The fraction of sp³-hybridized carbons (Fsp3) is 0.350. The first-order valence-corrected chi connectivity index (χ1v) is 8.42. The Balaban J connectivity index is 2.11. The van der Waals surface area contributed by atoms with Crippen molar-refractivity contribution in [3.05, 3.63) is 60.2 Å². The van der Waals surface area contributed by atoms with Crippen LogP contribution in [0, 0.1) is 0 Å². The number of hydrogen-bond donors (Lipinski definition) is 0. The molecule has 0 bridgehead atoms. The molecule has 2 rings (SSSR count). The van der Waals surface area contributed by atoms with Gasteiger partial charge in [-0.15, -0.1) is 0 Å². The Kier molecular flexibility index (Phi) is 6.72. The van der Waals surface area contributed by atoms with E-state index < -0.39 is 18.2 Å². The van der Waals surface area contributed by atoms with Crippen molar-refractivity contribution in [2.45, 2.75) is 32.4 Å². The van der Waals surface area contributed by atoms with Gasteiger partial charge in [0.15, 0.2) is 5.78 Å². The van der Waals surface area contributed by atoms with Gasteiger partial charge in [0.05, 0.1) is 18.2 Å². The van der Waals surface area contributed by atoms with Crippen LogP contribution < -0.4 is 0 Å². The van der Waals surface area contributed by atoms with Crippen LogP contribution in [0.5, 0.6) is 0 Å². The van der Waals surface area contributed by atoms with Crippen LogP contribution in [-0.2, 0) is 14.3 Å². The van der Waals surface area contributed by atoms with Gasteiger partial charge in [0.2, 0.25) is 0 Å². The Morgan fingerprint density at radius 1 is 1.23 bits per heavy atom. The molecule has 6 nitrogen and oxygen atoms in total. The Bertz CT molecular complexity index is 710. The fourth-order valence-corrected chi connectivity index (χ4v) is 2.69. The van der Waals surface area contributed by atoms with Gasteiger partial charge in [-0.1, -0.05) is 36.9 Å². The third-order valence-electron chi connectivity index (χ3n) is 4.15. The van der Waals surface area contributed by atoms with Crippen LogP contribution in [0.1, 0.15) is 30.6 Å². The highest BCUT2D eigenvalue weighted by molar-refractivity contribution is 5.92. The number of hydrogen-bond acceptors (Lipinski definition) is 5. The number of esters is 1. The highest BCUT2D eigenvalue weighted by Crippen LogP contribution is 2.24. The molecule has 1 fully saturated rings. The van der Waals surface area contributed by atoms with E-state index in [9.17, 15) is 14.4 Å².